The van der Waals surface area contributed by atoms with Gasteiger partial charge in [0.15, 0.2) is 17.3 Å². The molecule has 0 aliphatic carbocycles. The molecule has 2 heterocycles. The van der Waals surface area contributed by atoms with Gasteiger partial charge in [-0.1, -0.05) is 56.2 Å². The number of methoxy groups -OCH3 is 1. The molecule has 0 amide bonds. The minimum absolute atomic E-state index is 0.204. The Morgan fingerprint density at radius 1 is 1.06 bits per heavy atom. The Hall–Kier alpha value is -3.65. The number of thiazole rings is 1. The topological polar surface area (TPSA) is 75.0 Å². The lowest BCUT2D eigenvalue weighted by Crippen LogP contribution is -2.23. The summed E-state index contributed by atoms with van der Waals surface area (Å²) in [4.78, 5) is 18.0. The van der Waals surface area contributed by atoms with Crippen molar-refractivity contribution in [2.45, 2.75) is 32.6 Å². The van der Waals surface area contributed by atoms with Gasteiger partial charge in [-0.05, 0) is 54.5 Å². The smallest absolute Gasteiger partial charge is 0.291 e. The number of hydrogen-bond acceptors (Lipinski definition) is 7. The van der Waals surface area contributed by atoms with Crippen molar-refractivity contribution in [2.24, 2.45) is 0 Å². The number of rotatable bonds is 12. The van der Waals surface area contributed by atoms with Gasteiger partial charge >= 0.3 is 0 Å². The van der Waals surface area contributed by atoms with Crippen LogP contribution in [0.3, 0.4) is 0 Å². The first-order valence-corrected chi connectivity index (χ1v) is 12.5. The zero-order valence-electron chi connectivity index (χ0n) is 20.0. The quantitative estimate of drug-likeness (QED) is 0.207. The van der Waals surface area contributed by atoms with Crippen LogP contribution >= 0.6 is 11.3 Å². The predicted octanol–water partition coefficient (Wildman–Crippen LogP) is 4.90. The molecule has 0 N–H and O–H groups in total. The molecule has 7 nitrogen and oxygen atoms in total. The molecule has 0 atom stereocenters. The third-order valence-corrected chi connectivity index (χ3v) is 6.36. The second-order valence-electron chi connectivity index (χ2n) is 7.99. The van der Waals surface area contributed by atoms with E-state index in [2.05, 4.69) is 23.6 Å². The van der Waals surface area contributed by atoms with Crippen molar-refractivity contribution in [1.82, 2.24) is 14.6 Å². The van der Waals surface area contributed by atoms with E-state index in [4.69, 9.17) is 14.2 Å². The largest absolute Gasteiger partial charge is 0.493 e. The Morgan fingerprint density at radius 3 is 2.60 bits per heavy atom. The lowest BCUT2D eigenvalue weighted by molar-refractivity contribution is 0.285. The molecule has 2 aromatic carbocycles. The molecule has 35 heavy (non-hydrogen) atoms. The summed E-state index contributed by atoms with van der Waals surface area (Å²) in [6.45, 7) is 6.93. The van der Waals surface area contributed by atoms with E-state index in [1.807, 2.05) is 48.5 Å². The standard InChI is InChI=1S/C27H29N3O4S/c1-4-6-7-8-16-34-22-14-9-19(17-23(22)32-3)18-24-26(31)30-27(35-24)28-25(29-30)20-10-12-21(13-11-20)33-15-5-2/h5,9-14,17-18H,2,4,6-8,15-16H2,1,3H3. The monoisotopic (exact) mass is 491 g/mol. The van der Waals surface area contributed by atoms with Gasteiger partial charge < -0.3 is 14.2 Å². The summed E-state index contributed by atoms with van der Waals surface area (Å²) in [6, 6.07) is 13.1. The van der Waals surface area contributed by atoms with Crippen molar-refractivity contribution in [3.05, 3.63) is 75.6 Å². The van der Waals surface area contributed by atoms with Crippen LogP contribution in [0.4, 0.5) is 0 Å². The van der Waals surface area contributed by atoms with Crippen LogP contribution in [-0.4, -0.2) is 34.9 Å². The van der Waals surface area contributed by atoms with Crippen LogP contribution in [-0.2, 0) is 0 Å². The van der Waals surface area contributed by atoms with E-state index < -0.39 is 0 Å². The summed E-state index contributed by atoms with van der Waals surface area (Å²) in [7, 11) is 1.62. The molecule has 0 unspecified atom stereocenters. The lowest BCUT2D eigenvalue weighted by Gasteiger charge is -2.11. The van der Waals surface area contributed by atoms with Gasteiger partial charge in [-0.15, -0.1) is 5.10 Å². The van der Waals surface area contributed by atoms with Gasteiger partial charge in [-0.25, -0.2) is 0 Å². The SMILES string of the molecule is C=CCOc1ccc(-c2nc3sc(=Cc4ccc(OCCCCCC)c(OC)c4)c(=O)n3n2)cc1. The number of unbranched alkanes of at least 4 members (excludes halogenated alkanes) is 3. The minimum Gasteiger partial charge on any atom is -0.493 e. The molecule has 4 aromatic rings. The predicted molar refractivity (Wildman–Crippen MR) is 140 cm³/mol. The second-order valence-corrected chi connectivity index (χ2v) is 9.00. The Balaban J connectivity index is 1.53. The number of fused-ring (bicyclic) bond motifs is 1. The van der Waals surface area contributed by atoms with Gasteiger partial charge in [-0.2, -0.15) is 9.50 Å². The Bertz CT molecular complexity index is 1390. The second kappa shape index (κ2) is 11.7. The number of benzene rings is 2. The van der Waals surface area contributed by atoms with Crippen LogP contribution < -0.4 is 24.3 Å². The zero-order valence-corrected chi connectivity index (χ0v) is 20.8. The van der Waals surface area contributed by atoms with Gasteiger partial charge in [0.25, 0.3) is 5.56 Å². The van der Waals surface area contributed by atoms with Gasteiger partial charge in [0.1, 0.15) is 12.4 Å². The van der Waals surface area contributed by atoms with Crippen molar-refractivity contribution in [2.75, 3.05) is 20.3 Å². The molecular formula is C27H29N3O4S. The van der Waals surface area contributed by atoms with Crippen molar-refractivity contribution < 1.29 is 14.2 Å². The highest BCUT2D eigenvalue weighted by Crippen LogP contribution is 2.28. The molecule has 8 heteroatoms. The van der Waals surface area contributed by atoms with Crippen molar-refractivity contribution >= 4 is 22.4 Å². The molecule has 2 aromatic heterocycles. The molecule has 0 radical (unpaired) electrons. The first-order valence-electron chi connectivity index (χ1n) is 11.7. The fourth-order valence-electron chi connectivity index (χ4n) is 3.57. The van der Waals surface area contributed by atoms with E-state index in [1.165, 1.54) is 28.7 Å². The first-order chi connectivity index (χ1) is 17.1. The summed E-state index contributed by atoms with van der Waals surface area (Å²) in [6.07, 6.45) is 8.09. The summed E-state index contributed by atoms with van der Waals surface area (Å²) in [5, 5.41) is 4.42. The third-order valence-electron chi connectivity index (χ3n) is 5.40. The van der Waals surface area contributed by atoms with Gasteiger partial charge in [-0.3, -0.25) is 4.79 Å². The Morgan fingerprint density at radius 2 is 1.89 bits per heavy atom. The summed E-state index contributed by atoms with van der Waals surface area (Å²) in [5.74, 6) is 2.58. The van der Waals surface area contributed by atoms with E-state index in [0.29, 0.717) is 40.0 Å². The summed E-state index contributed by atoms with van der Waals surface area (Å²) in [5.41, 5.74) is 1.45. The highest BCUT2D eigenvalue weighted by Gasteiger charge is 2.13. The average molecular weight is 492 g/mol. The van der Waals surface area contributed by atoms with Crippen LogP contribution in [0, 0.1) is 0 Å². The van der Waals surface area contributed by atoms with Crippen molar-refractivity contribution in [1.29, 1.82) is 0 Å². The van der Waals surface area contributed by atoms with E-state index in [9.17, 15) is 4.79 Å². The zero-order chi connectivity index (χ0) is 24.6. The normalized spacial score (nSPS) is 11.7. The van der Waals surface area contributed by atoms with Crippen LogP contribution in [0.2, 0.25) is 0 Å². The van der Waals surface area contributed by atoms with Crippen molar-refractivity contribution in [3.63, 3.8) is 0 Å². The molecule has 4 rings (SSSR count). The average Bonchev–Trinajstić information content (AvgIpc) is 3.42. The van der Waals surface area contributed by atoms with Crippen LogP contribution in [0.1, 0.15) is 38.2 Å². The van der Waals surface area contributed by atoms with Crippen LogP contribution in [0.5, 0.6) is 17.2 Å². The third kappa shape index (κ3) is 5.89. The van der Waals surface area contributed by atoms with Gasteiger partial charge in [0, 0.05) is 5.56 Å². The molecule has 0 aliphatic rings. The molecule has 182 valence electrons. The highest BCUT2D eigenvalue weighted by molar-refractivity contribution is 7.15. The molecule has 0 spiro atoms. The maximum Gasteiger partial charge on any atom is 0.291 e. The maximum absolute atomic E-state index is 13.0. The molecular weight excluding hydrogens is 462 g/mol. The lowest BCUT2D eigenvalue weighted by atomic mass is 10.2. The molecule has 0 bridgehead atoms. The minimum atomic E-state index is -0.204. The molecule has 0 saturated carbocycles. The van der Waals surface area contributed by atoms with E-state index in [1.54, 1.807) is 13.2 Å². The van der Waals surface area contributed by atoms with Gasteiger partial charge in [0.2, 0.25) is 4.96 Å². The Labute approximate surface area is 208 Å². The number of ether oxygens (including phenoxy) is 3. The molecule has 0 aliphatic heterocycles. The number of aromatic nitrogens is 3. The number of nitrogens with zero attached hydrogens (tertiary/aromatic N) is 3. The fraction of sp³-hybridized carbons (Fsp3) is 0.296. The number of hydrogen-bond donors (Lipinski definition) is 0. The first kappa shape index (κ1) is 24.5. The van der Waals surface area contributed by atoms with E-state index in [-0.39, 0.29) is 5.56 Å². The molecule has 0 saturated heterocycles. The van der Waals surface area contributed by atoms with Crippen LogP contribution in [0.15, 0.2) is 59.9 Å². The fourth-order valence-corrected chi connectivity index (χ4v) is 4.47. The van der Waals surface area contributed by atoms with Gasteiger partial charge in [0.05, 0.1) is 18.2 Å². The van der Waals surface area contributed by atoms with Crippen molar-refractivity contribution in [3.8, 4) is 28.6 Å². The maximum atomic E-state index is 13.0. The van der Waals surface area contributed by atoms with Crippen LogP contribution in [0.25, 0.3) is 22.4 Å². The molecule has 0 fully saturated rings. The summed E-state index contributed by atoms with van der Waals surface area (Å²) >= 11 is 1.30. The summed E-state index contributed by atoms with van der Waals surface area (Å²) < 4.78 is 18.8. The van der Waals surface area contributed by atoms with E-state index >= 15 is 0 Å². The highest BCUT2D eigenvalue weighted by atomic mass is 32.1. The van der Waals surface area contributed by atoms with E-state index in [0.717, 1.165) is 29.7 Å². The Kier molecular flexibility index (Phi) is 8.15.